The molecule has 1 aliphatic heterocycles. The van der Waals surface area contributed by atoms with Gasteiger partial charge in [0.1, 0.15) is 0 Å². The molecule has 150 valence electrons. The Morgan fingerprint density at radius 1 is 1.21 bits per heavy atom. The highest BCUT2D eigenvalue weighted by molar-refractivity contribution is 5.81. The van der Waals surface area contributed by atoms with Gasteiger partial charge in [0.15, 0.2) is 6.17 Å². The van der Waals surface area contributed by atoms with Crippen LogP contribution in [0.3, 0.4) is 0 Å². The molecule has 4 atom stereocenters. The summed E-state index contributed by atoms with van der Waals surface area (Å²) >= 11 is 0. The number of hydroxylamine groups is 2. The SMILES string of the molecule is COC(=O)[C@@]1([C@H](F)[C@H](C)OCc2ccccc2)C[C@@H](c2ccccc2)N(C)O1. The molecule has 5 nitrogen and oxygen atoms in total. The molecule has 0 aliphatic carbocycles. The molecule has 0 N–H and O–H groups in total. The number of ether oxygens (including phenoxy) is 2. The van der Waals surface area contributed by atoms with Gasteiger partial charge in [-0.05, 0) is 18.1 Å². The van der Waals surface area contributed by atoms with Crippen molar-refractivity contribution >= 4 is 5.97 Å². The van der Waals surface area contributed by atoms with Gasteiger partial charge in [-0.1, -0.05) is 60.7 Å². The first-order chi connectivity index (χ1) is 13.5. The maximum atomic E-state index is 15.6. The predicted octanol–water partition coefficient (Wildman–Crippen LogP) is 3.85. The molecule has 28 heavy (non-hydrogen) atoms. The smallest absolute Gasteiger partial charge is 0.343 e. The lowest BCUT2D eigenvalue weighted by atomic mass is 9.86. The van der Waals surface area contributed by atoms with Crippen LogP contribution in [0, 0.1) is 0 Å². The molecular weight excluding hydrogens is 361 g/mol. The Kier molecular flexibility index (Phi) is 6.44. The van der Waals surface area contributed by atoms with Crippen LogP contribution in [-0.4, -0.2) is 43.1 Å². The molecule has 3 rings (SSSR count). The first-order valence-electron chi connectivity index (χ1n) is 9.33. The summed E-state index contributed by atoms with van der Waals surface area (Å²) in [5.41, 5.74) is 0.126. The van der Waals surface area contributed by atoms with E-state index in [0.29, 0.717) is 0 Å². The summed E-state index contributed by atoms with van der Waals surface area (Å²) in [6.07, 6.45) is -2.41. The molecule has 1 saturated heterocycles. The molecule has 0 aromatic heterocycles. The van der Waals surface area contributed by atoms with E-state index in [1.165, 1.54) is 12.2 Å². The topological polar surface area (TPSA) is 48.0 Å². The van der Waals surface area contributed by atoms with Crippen LogP contribution in [0.25, 0.3) is 0 Å². The van der Waals surface area contributed by atoms with Crippen molar-refractivity contribution in [2.24, 2.45) is 0 Å². The van der Waals surface area contributed by atoms with Crippen LogP contribution in [0.4, 0.5) is 4.39 Å². The van der Waals surface area contributed by atoms with Crippen LogP contribution in [0.15, 0.2) is 60.7 Å². The largest absolute Gasteiger partial charge is 0.467 e. The standard InChI is InChI=1S/C22H26FNO4/c1-16(27-15-17-10-6-4-7-11-17)20(23)22(21(25)26-3)14-19(24(2)28-22)18-12-8-5-9-13-18/h4-13,16,19-20H,14-15H2,1-3H3/t16-,19-,20+,22-/m0/s1. The lowest BCUT2D eigenvalue weighted by Gasteiger charge is -2.31. The van der Waals surface area contributed by atoms with E-state index in [0.717, 1.165) is 11.1 Å². The third-order valence-corrected chi connectivity index (χ3v) is 5.17. The van der Waals surface area contributed by atoms with Crippen LogP contribution in [0.1, 0.15) is 30.5 Å². The maximum Gasteiger partial charge on any atom is 0.343 e. The monoisotopic (exact) mass is 387 g/mol. The lowest BCUT2D eigenvalue weighted by Crippen LogP contribution is -2.53. The molecular formula is C22H26FNO4. The average Bonchev–Trinajstić information content (AvgIpc) is 3.10. The quantitative estimate of drug-likeness (QED) is 0.676. The molecule has 1 heterocycles. The van der Waals surface area contributed by atoms with Gasteiger partial charge in [-0.2, -0.15) is 5.06 Å². The van der Waals surface area contributed by atoms with Crippen LogP contribution < -0.4 is 0 Å². The highest BCUT2D eigenvalue weighted by Crippen LogP contribution is 2.44. The van der Waals surface area contributed by atoms with Crippen LogP contribution in [-0.2, 0) is 25.7 Å². The Labute approximate surface area is 165 Å². The van der Waals surface area contributed by atoms with Gasteiger partial charge >= 0.3 is 5.97 Å². The highest BCUT2D eigenvalue weighted by Gasteiger charge is 2.59. The van der Waals surface area contributed by atoms with Gasteiger partial charge in [0, 0.05) is 13.5 Å². The van der Waals surface area contributed by atoms with Gasteiger partial charge in [-0.3, -0.25) is 4.84 Å². The number of rotatable bonds is 7. The third kappa shape index (κ3) is 4.09. The van der Waals surface area contributed by atoms with Crippen molar-refractivity contribution in [2.75, 3.05) is 14.2 Å². The minimum absolute atomic E-state index is 0.139. The third-order valence-electron chi connectivity index (χ3n) is 5.17. The first kappa shape index (κ1) is 20.5. The summed E-state index contributed by atoms with van der Waals surface area (Å²) in [5.74, 6) is -0.736. The minimum atomic E-state index is -1.75. The van der Waals surface area contributed by atoms with Gasteiger partial charge in [0.05, 0.1) is 25.9 Å². The van der Waals surface area contributed by atoms with Crippen molar-refractivity contribution < 1.29 is 23.5 Å². The van der Waals surface area contributed by atoms with E-state index in [1.54, 1.807) is 14.0 Å². The molecule has 0 spiro atoms. The van der Waals surface area contributed by atoms with Crippen molar-refractivity contribution in [3.63, 3.8) is 0 Å². The number of carbonyl (C=O) groups excluding carboxylic acids is 1. The average molecular weight is 387 g/mol. The van der Waals surface area contributed by atoms with E-state index in [9.17, 15) is 4.79 Å². The van der Waals surface area contributed by atoms with Gasteiger partial charge in [-0.15, -0.1) is 0 Å². The second kappa shape index (κ2) is 8.82. The molecule has 1 fully saturated rings. The molecule has 0 amide bonds. The Morgan fingerprint density at radius 3 is 2.43 bits per heavy atom. The molecule has 6 heteroatoms. The lowest BCUT2D eigenvalue weighted by molar-refractivity contribution is -0.235. The van der Waals surface area contributed by atoms with E-state index in [-0.39, 0.29) is 19.1 Å². The van der Waals surface area contributed by atoms with Crippen molar-refractivity contribution in [1.29, 1.82) is 0 Å². The van der Waals surface area contributed by atoms with Crippen molar-refractivity contribution in [3.05, 3.63) is 71.8 Å². The van der Waals surface area contributed by atoms with Gasteiger partial charge in [-0.25, -0.2) is 9.18 Å². The molecule has 0 unspecified atom stereocenters. The number of benzene rings is 2. The zero-order valence-electron chi connectivity index (χ0n) is 16.4. The molecule has 2 aromatic rings. The number of esters is 1. The fourth-order valence-corrected chi connectivity index (χ4v) is 3.61. The van der Waals surface area contributed by atoms with Crippen LogP contribution in [0.5, 0.6) is 0 Å². The maximum absolute atomic E-state index is 15.6. The minimum Gasteiger partial charge on any atom is -0.467 e. The van der Waals surface area contributed by atoms with Gasteiger partial charge in [0.2, 0.25) is 5.60 Å². The normalized spacial score (nSPS) is 24.6. The fraction of sp³-hybridized carbons (Fsp3) is 0.409. The van der Waals surface area contributed by atoms with Crippen molar-refractivity contribution in [1.82, 2.24) is 5.06 Å². The van der Waals surface area contributed by atoms with Crippen molar-refractivity contribution in [3.8, 4) is 0 Å². The number of hydrogen-bond acceptors (Lipinski definition) is 5. The first-order valence-corrected chi connectivity index (χ1v) is 9.33. The van der Waals surface area contributed by atoms with Gasteiger partial charge < -0.3 is 9.47 Å². The fourth-order valence-electron chi connectivity index (χ4n) is 3.61. The second-order valence-corrected chi connectivity index (χ2v) is 7.05. The number of methoxy groups -OCH3 is 1. The van der Waals surface area contributed by atoms with E-state index in [2.05, 4.69) is 0 Å². The van der Waals surface area contributed by atoms with E-state index >= 15 is 4.39 Å². The number of hydrogen-bond donors (Lipinski definition) is 0. The summed E-state index contributed by atoms with van der Waals surface area (Å²) in [6, 6.07) is 18.8. The second-order valence-electron chi connectivity index (χ2n) is 7.05. The number of nitrogens with zero attached hydrogens (tertiary/aromatic N) is 1. The number of carbonyl (C=O) groups is 1. The Bertz CT molecular complexity index is 773. The Balaban J connectivity index is 1.78. The summed E-state index contributed by atoms with van der Waals surface area (Å²) in [4.78, 5) is 18.4. The van der Waals surface area contributed by atoms with Crippen LogP contribution in [0.2, 0.25) is 0 Å². The van der Waals surface area contributed by atoms with Gasteiger partial charge in [0.25, 0.3) is 0 Å². The molecule has 1 aliphatic rings. The van der Waals surface area contributed by atoms with Crippen LogP contribution >= 0.6 is 0 Å². The zero-order valence-corrected chi connectivity index (χ0v) is 16.4. The molecule has 0 radical (unpaired) electrons. The molecule has 0 saturated carbocycles. The summed E-state index contributed by atoms with van der Waals surface area (Å²) in [6.45, 7) is 1.86. The zero-order chi connectivity index (χ0) is 20.1. The Morgan fingerprint density at radius 2 is 1.82 bits per heavy atom. The number of alkyl halides is 1. The molecule has 2 aromatic carbocycles. The van der Waals surface area contributed by atoms with Crippen molar-refractivity contribution in [2.45, 2.75) is 43.9 Å². The summed E-state index contributed by atoms with van der Waals surface area (Å²) in [7, 11) is 2.94. The highest BCUT2D eigenvalue weighted by atomic mass is 19.1. The van der Waals surface area contributed by atoms with E-state index < -0.39 is 23.8 Å². The summed E-state index contributed by atoms with van der Waals surface area (Å²) < 4.78 is 26.2. The Hall–Kier alpha value is -2.28. The van der Waals surface area contributed by atoms with E-state index in [4.69, 9.17) is 14.3 Å². The van der Waals surface area contributed by atoms with E-state index in [1.807, 2.05) is 60.7 Å². The molecule has 0 bridgehead atoms. The predicted molar refractivity (Wildman–Crippen MR) is 103 cm³/mol. The summed E-state index contributed by atoms with van der Waals surface area (Å²) in [5, 5.41) is 1.53. The number of halogens is 1.